The van der Waals surface area contributed by atoms with Gasteiger partial charge in [-0.1, -0.05) is 0 Å². The van der Waals surface area contributed by atoms with Gasteiger partial charge in [-0.25, -0.2) is 4.79 Å². The van der Waals surface area contributed by atoms with Crippen LogP contribution >= 0.6 is 0 Å². The molecule has 22 heavy (non-hydrogen) atoms. The van der Waals surface area contributed by atoms with Crippen LogP contribution < -0.4 is 0 Å². The Balaban J connectivity index is 2.30. The van der Waals surface area contributed by atoms with Gasteiger partial charge in [0, 0.05) is 18.0 Å². The maximum atomic E-state index is 12.5. The number of fused-ring (bicyclic) bond motifs is 2. The van der Waals surface area contributed by atoms with Crippen LogP contribution in [0.1, 0.15) is 47.0 Å². The number of hydrogen-bond acceptors (Lipinski definition) is 5. The highest BCUT2D eigenvalue weighted by Gasteiger charge is 2.54. The first-order valence-corrected chi connectivity index (χ1v) is 7.75. The minimum absolute atomic E-state index is 0.00723. The lowest BCUT2D eigenvalue weighted by molar-refractivity contribution is -0.151. The minimum Gasteiger partial charge on any atom is -0.469 e. The van der Waals surface area contributed by atoms with Gasteiger partial charge < -0.3 is 14.4 Å². The summed E-state index contributed by atoms with van der Waals surface area (Å²) >= 11 is 0. The summed E-state index contributed by atoms with van der Waals surface area (Å²) < 4.78 is 10.3. The van der Waals surface area contributed by atoms with E-state index in [4.69, 9.17) is 9.47 Å². The fourth-order valence-corrected chi connectivity index (χ4v) is 3.67. The summed E-state index contributed by atoms with van der Waals surface area (Å²) in [4.78, 5) is 38.2. The third-order valence-corrected chi connectivity index (χ3v) is 4.54. The van der Waals surface area contributed by atoms with E-state index in [0.717, 1.165) is 6.42 Å². The SMILES string of the molecule is COC(=O)[C@@H]1C[C@H](C(C)=O)[C@@H]2CC[C@H]1N2C(=O)OC(C)(C)C. The van der Waals surface area contributed by atoms with E-state index in [1.54, 1.807) is 25.7 Å². The van der Waals surface area contributed by atoms with Crippen LogP contribution in [0.2, 0.25) is 0 Å². The summed E-state index contributed by atoms with van der Waals surface area (Å²) in [6.45, 7) is 6.93. The quantitative estimate of drug-likeness (QED) is 0.731. The highest BCUT2D eigenvalue weighted by atomic mass is 16.6. The number of Topliss-reactive ketones (excluding diaryl/α,β-unsaturated/α-hetero) is 1. The average Bonchev–Trinajstić information content (AvgIpc) is 2.72. The van der Waals surface area contributed by atoms with Crippen LogP contribution in [0.5, 0.6) is 0 Å². The number of piperidine rings is 1. The zero-order valence-corrected chi connectivity index (χ0v) is 13.9. The molecule has 2 aliphatic rings. The standard InChI is InChI=1S/C16H25NO5/c1-9(18)10-8-11(14(19)21-5)13-7-6-12(10)17(13)15(20)22-16(2,3)4/h10-13H,6-8H2,1-5H3/t10-,11-,12+,13-/m1/s1. The van der Waals surface area contributed by atoms with Crippen molar-refractivity contribution < 1.29 is 23.9 Å². The molecule has 6 heteroatoms. The van der Waals surface area contributed by atoms with Gasteiger partial charge in [0.1, 0.15) is 11.4 Å². The lowest BCUT2D eigenvalue weighted by Crippen LogP contribution is -2.56. The molecule has 2 heterocycles. The van der Waals surface area contributed by atoms with Gasteiger partial charge in [-0.05, 0) is 47.0 Å². The fraction of sp³-hybridized carbons (Fsp3) is 0.812. The van der Waals surface area contributed by atoms with Crippen molar-refractivity contribution in [2.24, 2.45) is 11.8 Å². The first-order chi connectivity index (χ1) is 10.2. The van der Waals surface area contributed by atoms with Crippen molar-refractivity contribution in [1.29, 1.82) is 0 Å². The Kier molecular flexibility index (Phi) is 4.49. The molecule has 0 saturated carbocycles. The Labute approximate surface area is 131 Å². The topological polar surface area (TPSA) is 72.9 Å². The van der Waals surface area contributed by atoms with Gasteiger partial charge >= 0.3 is 12.1 Å². The maximum Gasteiger partial charge on any atom is 0.410 e. The number of amides is 1. The number of ether oxygens (including phenoxy) is 2. The number of nitrogens with zero attached hydrogens (tertiary/aromatic N) is 1. The Hall–Kier alpha value is -1.59. The highest BCUT2D eigenvalue weighted by molar-refractivity contribution is 5.83. The van der Waals surface area contributed by atoms with E-state index in [2.05, 4.69) is 0 Å². The lowest BCUT2D eigenvalue weighted by Gasteiger charge is -2.42. The zero-order chi connectivity index (χ0) is 16.7. The van der Waals surface area contributed by atoms with Crippen molar-refractivity contribution in [2.45, 2.75) is 64.6 Å². The largest absolute Gasteiger partial charge is 0.469 e. The van der Waals surface area contributed by atoms with Crippen LogP contribution in [-0.2, 0) is 19.1 Å². The van der Waals surface area contributed by atoms with Crippen LogP contribution in [0.15, 0.2) is 0 Å². The Morgan fingerprint density at radius 2 is 1.59 bits per heavy atom. The fourth-order valence-electron chi connectivity index (χ4n) is 3.67. The smallest absolute Gasteiger partial charge is 0.410 e. The second-order valence-corrected chi connectivity index (χ2v) is 7.18. The van der Waals surface area contributed by atoms with Gasteiger partial charge in [-0.2, -0.15) is 0 Å². The molecule has 1 amide bonds. The summed E-state index contributed by atoms with van der Waals surface area (Å²) in [5, 5.41) is 0. The molecule has 4 atom stereocenters. The summed E-state index contributed by atoms with van der Waals surface area (Å²) in [6, 6.07) is -0.402. The summed E-state index contributed by atoms with van der Waals surface area (Å²) in [6.07, 6.45) is 1.44. The highest BCUT2D eigenvalue weighted by Crippen LogP contribution is 2.44. The Morgan fingerprint density at radius 1 is 1.05 bits per heavy atom. The van der Waals surface area contributed by atoms with Crippen LogP contribution in [0.4, 0.5) is 4.79 Å². The molecule has 0 spiro atoms. The number of carbonyl (C=O) groups excluding carboxylic acids is 3. The van der Waals surface area contributed by atoms with E-state index in [1.807, 2.05) is 0 Å². The molecule has 2 saturated heterocycles. The van der Waals surface area contributed by atoms with Gasteiger partial charge in [0.05, 0.1) is 13.0 Å². The number of carbonyl (C=O) groups is 3. The molecular formula is C16H25NO5. The molecule has 0 aromatic carbocycles. The summed E-state index contributed by atoms with van der Waals surface area (Å²) in [5.41, 5.74) is -0.611. The van der Waals surface area contributed by atoms with E-state index < -0.39 is 17.6 Å². The van der Waals surface area contributed by atoms with E-state index >= 15 is 0 Å². The average molecular weight is 311 g/mol. The van der Waals surface area contributed by atoms with Crippen molar-refractivity contribution in [3.8, 4) is 0 Å². The van der Waals surface area contributed by atoms with E-state index in [-0.39, 0.29) is 29.8 Å². The van der Waals surface area contributed by atoms with Crippen LogP contribution in [0.3, 0.4) is 0 Å². The molecule has 2 rings (SSSR count). The normalized spacial score (nSPS) is 30.9. The number of esters is 1. The molecular weight excluding hydrogens is 286 g/mol. The van der Waals surface area contributed by atoms with Gasteiger partial charge in [-0.3, -0.25) is 9.59 Å². The van der Waals surface area contributed by atoms with Crippen LogP contribution in [0, 0.1) is 11.8 Å². The van der Waals surface area contributed by atoms with Crippen molar-refractivity contribution in [1.82, 2.24) is 4.90 Å². The summed E-state index contributed by atoms with van der Waals surface area (Å²) in [5.74, 6) is -1.13. The lowest BCUT2D eigenvalue weighted by atomic mass is 9.81. The van der Waals surface area contributed by atoms with Crippen molar-refractivity contribution >= 4 is 17.8 Å². The molecule has 0 aliphatic carbocycles. The number of hydrogen-bond donors (Lipinski definition) is 0. The molecule has 0 aromatic rings. The first-order valence-electron chi connectivity index (χ1n) is 7.75. The molecule has 2 fully saturated rings. The van der Waals surface area contributed by atoms with Crippen molar-refractivity contribution in [3.63, 3.8) is 0 Å². The Bertz CT molecular complexity index is 481. The molecule has 0 N–H and O–H groups in total. The summed E-state index contributed by atoms with van der Waals surface area (Å²) in [7, 11) is 1.34. The molecule has 6 nitrogen and oxygen atoms in total. The predicted molar refractivity (Wildman–Crippen MR) is 79.2 cm³/mol. The van der Waals surface area contributed by atoms with E-state index in [9.17, 15) is 14.4 Å². The molecule has 2 aliphatic heterocycles. The first kappa shape index (κ1) is 16.8. The molecule has 0 aromatic heterocycles. The van der Waals surface area contributed by atoms with Crippen molar-refractivity contribution in [3.05, 3.63) is 0 Å². The van der Waals surface area contributed by atoms with Crippen molar-refractivity contribution in [2.75, 3.05) is 7.11 Å². The second kappa shape index (κ2) is 5.89. The van der Waals surface area contributed by atoms with E-state index in [1.165, 1.54) is 14.0 Å². The maximum absolute atomic E-state index is 12.5. The van der Waals surface area contributed by atoms with Crippen LogP contribution in [-0.4, -0.2) is 47.5 Å². The molecule has 2 bridgehead atoms. The number of rotatable bonds is 2. The third kappa shape index (κ3) is 3.10. The Morgan fingerprint density at radius 3 is 2.05 bits per heavy atom. The van der Waals surface area contributed by atoms with E-state index in [0.29, 0.717) is 12.8 Å². The van der Waals surface area contributed by atoms with Gasteiger partial charge in [0.15, 0.2) is 0 Å². The molecule has 0 radical (unpaired) electrons. The van der Waals surface area contributed by atoms with Gasteiger partial charge in [-0.15, -0.1) is 0 Å². The van der Waals surface area contributed by atoms with Crippen LogP contribution in [0.25, 0.3) is 0 Å². The van der Waals surface area contributed by atoms with Gasteiger partial charge in [0.2, 0.25) is 0 Å². The molecule has 0 unspecified atom stereocenters. The molecule has 124 valence electrons. The zero-order valence-electron chi connectivity index (χ0n) is 13.9. The minimum atomic E-state index is -0.611. The predicted octanol–water partition coefficient (Wildman–Crippen LogP) is 2.15. The number of methoxy groups -OCH3 is 1. The second-order valence-electron chi connectivity index (χ2n) is 7.18. The third-order valence-electron chi connectivity index (χ3n) is 4.54. The monoisotopic (exact) mass is 311 g/mol. The number of ketones is 1. The van der Waals surface area contributed by atoms with Gasteiger partial charge in [0.25, 0.3) is 0 Å².